The molecule has 1 aliphatic rings. The Morgan fingerprint density at radius 2 is 1.85 bits per heavy atom. The molecule has 6 heteroatoms. The molecular weight excluding hydrogens is 347 g/mol. The SMILES string of the molecule is CCC(C)(C)NC(=O)c1cc2c(n(-c3ccc(F)cc3)c1=O)CCCC2=O. The van der Waals surface area contributed by atoms with E-state index < -0.39 is 22.8 Å². The highest BCUT2D eigenvalue weighted by atomic mass is 19.1. The van der Waals surface area contributed by atoms with Crippen molar-refractivity contribution in [1.29, 1.82) is 0 Å². The third kappa shape index (κ3) is 3.70. The molecule has 1 heterocycles. The Balaban J connectivity index is 2.21. The van der Waals surface area contributed by atoms with E-state index in [9.17, 15) is 18.8 Å². The van der Waals surface area contributed by atoms with Gasteiger partial charge in [0.05, 0.1) is 0 Å². The van der Waals surface area contributed by atoms with Crippen molar-refractivity contribution in [2.75, 3.05) is 0 Å². The molecule has 0 saturated carbocycles. The van der Waals surface area contributed by atoms with Crippen molar-refractivity contribution in [2.24, 2.45) is 0 Å². The van der Waals surface area contributed by atoms with E-state index >= 15 is 0 Å². The fourth-order valence-electron chi connectivity index (χ4n) is 3.18. The quantitative estimate of drug-likeness (QED) is 0.897. The maximum atomic E-state index is 13.3. The van der Waals surface area contributed by atoms with Crippen molar-refractivity contribution in [3.05, 3.63) is 63.3 Å². The number of nitrogens with one attached hydrogen (secondary N) is 1. The van der Waals surface area contributed by atoms with Gasteiger partial charge in [-0.1, -0.05) is 6.92 Å². The molecular formula is C21H23FN2O3. The fraction of sp³-hybridized carbons (Fsp3) is 0.381. The third-order valence-corrected chi connectivity index (χ3v) is 5.09. The molecule has 0 radical (unpaired) electrons. The van der Waals surface area contributed by atoms with Crippen molar-refractivity contribution < 1.29 is 14.0 Å². The zero-order chi connectivity index (χ0) is 19.8. The zero-order valence-corrected chi connectivity index (χ0v) is 15.8. The molecule has 1 aliphatic carbocycles. The Labute approximate surface area is 157 Å². The smallest absolute Gasteiger partial charge is 0.268 e. The number of pyridine rings is 1. The lowest BCUT2D eigenvalue weighted by Crippen LogP contribution is -2.45. The number of carbonyl (C=O) groups is 2. The molecule has 1 N–H and O–H groups in total. The molecule has 1 amide bonds. The summed E-state index contributed by atoms with van der Waals surface area (Å²) in [6.07, 6.45) is 2.27. The molecule has 27 heavy (non-hydrogen) atoms. The maximum Gasteiger partial charge on any atom is 0.268 e. The Bertz CT molecular complexity index is 959. The van der Waals surface area contributed by atoms with Gasteiger partial charge in [0.2, 0.25) is 0 Å². The summed E-state index contributed by atoms with van der Waals surface area (Å²) in [5.41, 5.74) is 0.356. The normalized spacial score (nSPS) is 14.0. The molecule has 0 saturated heterocycles. The Morgan fingerprint density at radius 1 is 1.19 bits per heavy atom. The van der Waals surface area contributed by atoms with Crippen LogP contribution in [-0.4, -0.2) is 21.8 Å². The van der Waals surface area contributed by atoms with Crippen LogP contribution in [0.15, 0.2) is 35.1 Å². The average molecular weight is 370 g/mol. The molecule has 0 fully saturated rings. The lowest BCUT2D eigenvalue weighted by Gasteiger charge is -2.26. The van der Waals surface area contributed by atoms with E-state index in [1.165, 1.54) is 34.9 Å². The highest BCUT2D eigenvalue weighted by Gasteiger charge is 2.28. The highest BCUT2D eigenvalue weighted by molar-refractivity contribution is 6.02. The van der Waals surface area contributed by atoms with E-state index in [4.69, 9.17) is 0 Å². The van der Waals surface area contributed by atoms with Gasteiger partial charge in [-0.3, -0.25) is 19.0 Å². The van der Waals surface area contributed by atoms with E-state index in [2.05, 4.69) is 5.32 Å². The van der Waals surface area contributed by atoms with Gasteiger partial charge >= 0.3 is 0 Å². The first-order chi connectivity index (χ1) is 12.7. The Kier molecular flexibility index (Phi) is 5.00. The van der Waals surface area contributed by atoms with Crippen LogP contribution < -0.4 is 10.9 Å². The first kappa shape index (κ1) is 19.0. The lowest BCUT2D eigenvalue weighted by molar-refractivity contribution is 0.0909. The van der Waals surface area contributed by atoms with Crippen LogP contribution in [0.4, 0.5) is 4.39 Å². The predicted molar refractivity (Wildman–Crippen MR) is 101 cm³/mol. The van der Waals surface area contributed by atoms with Crippen LogP contribution in [0.25, 0.3) is 5.69 Å². The molecule has 0 atom stereocenters. The minimum absolute atomic E-state index is 0.0742. The van der Waals surface area contributed by atoms with Gasteiger partial charge < -0.3 is 5.32 Å². The standard InChI is InChI=1S/C21H23FN2O3/c1-4-21(2,3)23-19(26)16-12-15-17(6-5-7-18(15)25)24(20(16)27)14-10-8-13(22)9-11-14/h8-12H,4-7H2,1-3H3,(H,23,26). The van der Waals surface area contributed by atoms with E-state index in [-0.39, 0.29) is 11.3 Å². The number of fused-ring (bicyclic) bond motifs is 1. The molecule has 5 nitrogen and oxygen atoms in total. The van der Waals surface area contributed by atoms with E-state index in [1.54, 1.807) is 0 Å². The van der Waals surface area contributed by atoms with Gasteiger partial charge in [-0.15, -0.1) is 0 Å². The maximum absolute atomic E-state index is 13.3. The van der Waals surface area contributed by atoms with Gasteiger partial charge in [0.25, 0.3) is 11.5 Å². The molecule has 142 valence electrons. The lowest BCUT2D eigenvalue weighted by atomic mass is 9.92. The van der Waals surface area contributed by atoms with Crippen LogP contribution in [0.2, 0.25) is 0 Å². The highest BCUT2D eigenvalue weighted by Crippen LogP contribution is 2.24. The average Bonchev–Trinajstić information content (AvgIpc) is 2.62. The number of carbonyl (C=O) groups excluding carboxylic acids is 2. The number of amides is 1. The van der Waals surface area contributed by atoms with Gasteiger partial charge in [-0.05, 0) is 63.4 Å². The summed E-state index contributed by atoms with van der Waals surface area (Å²) >= 11 is 0. The van der Waals surface area contributed by atoms with Crippen molar-refractivity contribution in [3.8, 4) is 5.69 Å². The number of Topliss-reactive ketones (excluding diaryl/α,β-unsaturated/α-hetero) is 1. The first-order valence-electron chi connectivity index (χ1n) is 9.14. The second-order valence-corrected chi connectivity index (χ2v) is 7.50. The fourth-order valence-corrected chi connectivity index (χ4v) is 3.18. The molecule has 0 aliphatic heterocycles. The molecule has 1 aromatic carbocycles. The summed E-state index contributed by atoms with van der Waals surface area (Å²) in [6, 6.07) is 6.89. The van der Waals surface area contributed by atoms with Crippen LogP contribution in [0, 0.1) is 5.82 Å². The van der Waals surface area contributed by atoms with Crippen LogP contribution in [0.1, 0.15) is 66.4 Å². The number of aromatic nitrogens is 1. The summed E-state index contributed by atoms with van der Waals surface area (Å²) < 4.78 is 14.7. The van der Waals surface area contributed by atoms with Gasteiger partial charge in [0.1, 0.15) is 11.4 Å². The first-order valence-corrected chi connectivity index (χ1v) is 9.14. The molecule has 0 bridgehead atoms. The Morgan fingerprint density at radius 3 is 2.48 bits per heavy atom. The van der Waals surface area contributed by atoms with Gasteiger partial charge in [0.15, 0.2) is 5.78 Å². The largest absolute Gasteiger partial charge is 0.347 e. The molecule has 0 spiro atoms. The second kappa shape index (κ2) is 7.10. The summed E-state index contributed by atoms with van der Waals surface area (Å²) in [7, 11) is 0. The second-order valence-electron chi connectivity index (χ2n) is 7.50. The predicted octanol–water partition coefficient (Wildman–Crippen LogP) is 3.41. The van der Waals surface area contributed by atoms with Crippen molar-refractivity contribution in [2.45, 2.75) is 52.0 Å². The number of hydrogen-bond donors (Lipinski definition) is 1. The number of halogens is 1. The number of rotatable bonds is 4. The third-order valence-electron chi connectivity index (χ3n) is 5.09. The number of nitrogens with zero attached hydrogens (tertiary/aromatic N) is 1. The van der Waals surface area contributed by atoms with E-state index in [1.807, 2.05) is 20.8 Å². The number of hydrogen-bond acceptors (Lipinski definition) is 3. The van der Waals surface area contributed by atoms with Crippen LogP contribution in [0.3, 0.4) is 0 Å². The topological polar surface area (TPSA) is 68.2 Å². The summed E-state index contributed by atoms with van der Waals surface area (Å²) in [6.45, 7) is 5.67. The van der Waals surface area contributed by atoms with Gasteiger partial charge in [-0.25, -0.2) is 4.39 Å². The molecule has 3 rings (SSSR count). The van der Waals surface area contributed by atoms with E-state index in [0.29, 0.717) is 42.6 Å². The van der Waals surface area contributed by atoms with Crippen LogP contribution in [0.5, 0.6) is 0 Å². The van der Waals surface area contributed by atoms with Gasteiger partial charge in [0, 0.05) is 28.9 Å². The number of ketones is 1. The van der Waals surface area contributed by atoms with Crippen LogP contribution in [-0.2, 0) is 6.42 Å². The monoisotopic (exact) mass is 370 g/mol. The zero-order valence-electron chi connectivity index (χ0n) is 15.8. The summed E-state index contributed by atoms with van der Waals surface area (Å²) in [5.74, 6) is -1.02. The minimum Gasteiger partial charge on any atom is -0.347 e. The molecule has 0 unspecified atom stereocenters. The summed E-state index contributed by atoms with van der Waals surface area (Å²) in [5, 5.41) is 2.85. The Hall–Kier alpha value is -2.76. The molecule has 2 aromatic rings. The minimum atomic E-state index is -0.510. The summed E-state index contributed by atoms with van der Waals surface area (Å²) in [4.78, 5) is 38.4. The van der Waals surface area contributed by atoms with Crippen molar-refractivity contribution >= 4 is 11.7 Å². The van der Waals surface area contributed by atoms with E-state index in [0.717, 1.165) is 0 Å². The molecule has 1 aromatic heterocycles. The van der Waals surface area contributed by atoms with Crippen LogP contribution >= 0.6 is 0 Å². The number of benzene rings is 1. The van der Waals surface area contributed by atoms with Crippen molar-refractivity contribution in [3.63, 3.8) is 0 Å². The van der Waals surface area contributed by atoms with Gasteiger partial charge in [-0.2, -0.15) is 0 Å². The van der Waals surface area contributed by atoms with Crippen molar-refractivity contribution in [1.82, 2.24) is 9.88 Å².